The standard InChI is InChI=1S/C43H29NO5/c45-38-37(39(46)41(48)42(49)40(38)47)44(27-20-18-26(19-21-27)25-10-2-1-3-11-25)28-22-23-32-31-14-6-9-17-35(31)43(36(32)24-28)33-15-7-4-12-29(33)30-13-5-8-16-34(30)43/h1-24,45-49H. The van der Waals surface area contributed by atoms with Crippen LogP contribution in [-0.2, 0) is 5.41 Å². The van der Waals surface area contributed by atoms with Crippen LogP contribution in [0.3, 0.4) is 0 Å². The molecule has 0 saturated carbocycles. The van der Waals surface area contributed by atoms with Gasteiger partial charge in [-0.05, 0) is 79.9 Å². The van der Waals surface area contributed by atoms with Crippen LogP contribution in [0.15, 0.2) is 146 Å². The molecule has 0 unspecified atom stereocenters. The van der Waals surface area contributed by atoms with E-state index >= 15 is 0 Å². The zero-order valence-corrected chi connectivity index (χ0v) is 26.0. The Hall–Kier alpha value is -6.66. The summed E-state index contributed by atoms with van der Waals surface area (Å²) in [4.78, 5) is 1.59. The number of hydrogen-bond acceptors (Lipinski definition) is 6. The summed E-state index contributed by atoms with van der Waals surface area (Å²) in [7, 11) is 0. The molecule has 2 aliphatic rings. The molecule has 0 fully saturated rings. The molecule has 1 spiro atoms. The molecule has 0 saturated heterocycles. The molecular weight excluding hydrogens is 610 g/mol. The van der Waals surface area contributed by atoms with E-state index in [1.165, 1.54) is 0 Å². The highest BCUT2D eigenvalue weighted by Gasteiger charge is 2.51. The first-order chi connectivity index (χ1) is 23.9. The van der Waals surface area contributed by atoms with Crippen molar-refractivity contribution in [2.45, 2.75) is 5.41 Å². The van der Waals surface area contributed by atoms with Gasteiger partial charge in [-0.2, -0.15) is 0 Å². The first kappa shape index (κ1) is 28.6. The van der Waals surface area contributed by atoms with Gasteiger partial charge in [0, 0.05) is 11.4 Å². The smallest absolute Gasteiger partial charge is 0.208 e. The van der Waals surface area contributed by atoms with Crippen molar-refractivity contribution < 1.29 is 25.5 Å². The Morgan fingerprint density at radius 2 is 0.755 bits per heavy atom. The lowest BCUT2D eigenvalue weighted by Crippen LogP contribution is -2.26. The molecule has 0 aromatic heterocycles. The molecular formula is C43H29NO5. The van der Waals surface area contributed by atoms with Crippen LogP contribution in [0.2, 0.25) is 0 Å². The van der Waals surface area contributed by atoms with Gasteiger partial charge in [-0.25, -0.2) is 0 Å². The number of rotatable bonds is 4. The summed E-state index contributed by atoms with van der Waals surface area (Å²) in [5.41, 5.74) is 11.1. The molecule has 0 aliphatic heterocycles. The topological polar surface area (TPSA) is 104 Å². The minimum atomic E-state index is -1.01. The Balaban J connectivity index is 1.33. The summed E-state index contributed by atoms with van der Waals surface area (Å²) < 4.78 is 0. The average Bonchev–Trinajstić information content (AvgIpc) is 3.62. The van der Waals surface area contributed by atoms with Gasteiger partial charge in [-0.1, -0.05) is 121 Å². The lowest BCUT2D eigenvalue weighted by atomic mass is 9.70. The fourth-order valence-electron chi connectivity index (χ4n) is 7.95. The van der Waals surface area contributed by atoms with E-state index in [2.05, 4.69) is 72.8 Å². The van der Waals surface area contributed by atoms with E-state index in [0.717, 1.165) is 55.6 Å². The van der Waals surface area contributed by atoms with Crippen LogP contribution in [0.4, 0.5) is 17.1 Å². The first-order valence-corrected chi connectivity index (χ1v) is 16.0. The van der Waals surface area contributed by atoms with Crippen molar-refractivity contribution in [2.24, 2.45) is 0 Å². The van der Waals surface area contributed by atoms with Crippen molar-refractivity contribution >= 4 is 17.1 Å². The van der Waals surface area contributed by atoms with Crippen LogP contribution in [-0.4, -0.2) is 25.5 Å². The third-order valence-corrected chi connectivity index (χ3v) is 10.0. The van der Waals surface area contributed by atoms with Crippen LogP contribution in [0.5, 0.6) is 28.7 Å². The summed E-state index contributed by atoms with van der Waals surface area (Å²) in [5.74, 6) is -4.47. The van der Waals surface area contributed by atoms with Gasteiger partial charge < -0.3 is 30.4 Å². The second kappa shape index (κ2) is 10.4. The first-order valence-electron chi connectivity index (χ1n) is 16.0. The molecule has 0 amide bonds. The Labute approximate surface area is 282 Å². The van der Waals surface area contributed by atoms with E-state index in [4.69, 9.17) is 0 Å². The zero-order valence-electron chi connectivity index (χ0n) is 26.0. The number of fused-ring (bicyclic) bond motifs is 10. The molecule has 2 aliphatic carbocycles. The minimum absolute atomic E-state index is 0.281. The molecule has 5 N–H and O–H groups in total. The second-order valence-corrected chi connectivity index (χ2v) is 12.5. The average molecular weight is 640 g/mol. The Bertz CT molecular complexity index is 2360. The van der Waals surface area contributed by atoms with Gasteiger partial charge in [0.15, 0.2) is 11.5 Å². The quantitative estimate of drug-likeness (QED) is 0.0970. The minimum Gasteiger partial charge on any atom is -0.503 e. The van der Waals surface area contributed by atoms with Crippen molar-refractivity contribution in [1.29, 1.82) is 0 Å². The Kier molecular flexibility index (Phi) is 6.07. The number of aromatic hydroxyl groups is 5. The molecule has 9 rings (SSSR count). The van der Waals surface area contributed by atoms with E-state index in [1.807, 2.05) is 72.8 Å². The largest absolute Gasteiger partial charge is 0.503 e. The second-order valence-electron chi connectivity index (χ2n) is 12.5. The number of benzene rings is 7. The van der Waals surface area contributed by atoms with Crippen molar-refractivity contribution in [3.8, 4) is 62.1 Å². The Morgan fingerprint density at radius 3 is 1.29 bits per heavy atom. The predicted octanol–water partition coefficient (Wildman–Crippen LogP) is 9.69. The van der Waals surface area contributed by atoms with Crippen LogP contribution in [0.25, 0.3) is 33.4 Å². The maximum absolute atomic E-state index is 11.3. The molecule has 0 atom stereocenters. The predicted molar refractivity (Wildman–Crippen MR) is 191 cm³/mol. The van der Waals surface area contributed by atoms with Crippen molar-refractivity contribution in [1.82, 2.24) is 0 Å². The highest BCUT2D eigenvalue weighted by Crippen LogP contribution is 2.64. The molecule has 49 heavy (non-hydrogen) atoms. The summed E-state index contributed by atoms with van der Waals surface area (Å²) in [5, 5.41) is 54.2. The van der Waals surface area contributed by atoms with E-state index in [-0.39, 0.29) is 5.69 Å². The fourth-order valence-corrected chi connectivity index (χ4v) is 7.95. The number of anilines is 3. The van der Waals surface area contributed by atoms with Gasteiger partial charge >= 0.3 is 0 Å². The highest BCUT2D eigenvalue weighted by atomic mass is 16.4. The van der Waals surface area contributed by atoms with E-state index in [1.54, 1.807) is 4.90 Å². The number of nitrogens with zero attached hydrogens (tertiary/aromatic N) is 1. The van der Waals surface area contributed by atoms with E-state index < -0.39 is 34.2 Å². The maximum atomic E-state index is 11.3. The van der Waals surface area contributed by atoms with Crippen molar-refractivity contribution in [2.75, 3.05) is 4.90 Å². The third kappa shape index (κ3) is 3.82. The molecule has 0 radical (unpaired) electrons. The van der Waals surface area contributed by atoms with Gasteiger partial charge in [0.05, 0.1) is 5.41 Å². The van der Waals surface area contributed by atoms with Crippen molar-refractivity contribution in [3.05, 3.63) is 168 Å². The number of phenols is 5. The molecule has 236 valence electrons. The lowest BCUT2D eigenvalue weighted by molar-refractivity contribution is 0.329. The van der Waals surface area contributed by atoms with Crippen LogP contribution in [0.1, 0.15) is 22.3 Å². The summed E-state index contributed by atoms with van der Waals surface area (Å²) >= 11 is 0. The summed E-state index contributed by atoms with van der Waals surface area (Å²) in [6, 6.07) is 48.8. The summed E-state index contributed by atoms with van der Waals surface area (Å²) in [6.07, 6.45) is 0. The molecule has 0 bridgehead atoms. The fraction of sp³-hybridized carbons (Fsp3) is 0.0233. The third-order valence-electron chi connectivity index (χ3n) is 10.0. The highest BCUT2D eigenvalue weighted by molar-refractivity contribution is 5.97. The lowest BCUT2D eigenvalue weighted by Gasteiger charge is -2.32. The van der Waals surface area contributed by atoms with Crippen molar-refractivity contribution in [3.63, 3.8) is 0 Å². The van der Waals surface area contributed by atoms with Gasteiger partial charge in [0.1, 0.15) is 5.69 Å². The van der Waals surface area contributed by atoms with Gasteiger partial charge in [0.25, 0.3) is 0 Å². The Morgan fingerprint density at radius 1 is 0.347 bits per heavy atom. The van der Waals surface area contributed by atoms with Gasteiger partial charge in [0.2, 0.25) is 17.2 Å². The molecule has 6 heteroatoms. The van der Waals surface area contributed by atoms with E-state index in [0.29, 0.717) is 11.4 Å². The number of hydrogen-bond donors (Lipinski definition) is 5. The molecule has 7 aromatic rings. The maximum Gasteiger partial charge on any atom is 0.208 e. The van der Waals surface area contributed by atoms with Crippen LogP contribution >= 0.6 is 0 Å². The zero-order chi connectivity index (χ0) is 33.4. The van der Waals surface area contributed by atoms with Gasteiger partial charge in [-0.15, -0.1) is 0 Å². The number of phenolic OH excluding ortho intramolecular Hbond substituents is 5. The van der Waals surface area contributed by atoms with Crippen LogP contribution < -0.4 is 4.90 Å². The summed E-state index contributed by atoms with van der Waals surface area (Å²) in [6.45, 7) is 0. The monoisotopic (exact) mass is 639 g/mol. The SMILES string of the molecule is Oc1c(O)c(O)c(N(c2ccc(-c3ccccc3)cc2)c2ccc3c(c2)C2(c4ccccc4-c4ccccc42)c2ccccc2-3)c(O)c1O. The van der Waals surface area contributed by atoms with E-state index in [9.17, 15) is 25.5 Å². The molecule has 6 nitrogen and oxygen atoms in total. The van der Waals surface area contributed by atoms with Crippen LogP contribution in [0, 0.1) is 0 Å². The molecule has 0 heterocycles. The normalized spacial score (nSPS) is 13.1. The molecule has 7 aromatic carbocycles. The van der Waals surface area contributed by atoms with Gasteiger partial charge in [-0.3, -0.25) is 0 Å².